The molecule has 0 aliphatic carbocycles. The number of hydrogen-bond acceptors (Lipinski definition) is 4. The van der Waals surface area contributed by atoms with E-state index in [0.717, 1.165) is 59.7 Å². The van der Waals surface area contributed by atoms with Crippen molar-refractivity contribution in [3.05, 3.63) is 82.4 Å². The zero-order chi connectivity index (χ0) is 33.5. The maximum Gasteiger partial charge on any atom is 0.137 e. The van der Waals surface area contributed by atoms with E-state index in [1.54, 1.807) is 0 Å². The third-order valence-corrected chi connectivity index (χ3v) is 8.97. The number of fused-ring (bicyclic) bond motifs is 3. The van der Waals surface area contributed by atoms with Crippen LogP contribution in [0.1, 0.15) is 102 Å². The third-order valence-electron chi connectivity index (χ3n) is 8.97. The minimum atomic E-state index is -0.320. The van der Waals surface area contributed by atoms with E-state index in [4.69, 9.17) is 9.15 Å². The average Bonchev–Trinajstić information content (AvgIpc) is 3.32. The Balaban J connectivity index is 1.65. The van der Waals surface area contributed by atoms with E-state index < -0.39 is 0 Å². The van der Waals surface area contributed by atoms with Crippen molar-refractivity contribution in [2.75, 3.05) is 12.4 Å². The quantitative estimate of drug-likeness (QED) is 0.130. The number of anilines is 1. The summed E-state index contributed by atoms with van der Waals surface area (Å²) in [5.74, 6) is 1.51. The van der Waals surface area contributed by atoms with E-state index in [-0.39, 0.29) is 18.3 Å². The van der Waals surface area contributed by atoms with E-state index in [2.05, 4.69) is 110 Å². The van der Waals surface area contributed by atoms with Crippen LogP contribution in [-0.2, 0) is 17.6 Å². The fourth-order valence-electron chi connectivity index (χ4n) is 7.12. The Morgan fingerprint density at radius 3 is 2.24 bits per heavy atom. The van der Waals surface area contributed by atoms with Crippen LogP contribution >= 0.6 is 0 Å². The molecule has 0 saturated heterocycles. The summed E-state index contributed by atoms with van der Waals surface area (Å²) >= 11 is 0. The molecule has 250 valence electrons. The number of para-hydroxylation sites is 1. The van der Waals surface area contributed by atoms with Gasteiger partial charge in [-0.2, -0.15) is 0 Å². The van der Waals surface area contributed by atoms with E-state index in [1.165, 1.54) is 33.4 Å². The molecule has 2 unspecified atom stereocenters. The van der Waals surface area contributed by atoms with Gasteiger partial charge in [0.2, 0.25) is 0 Å². The van der Waals surface area contributed by atoms with Crippen LogP contribution in [-0.4, -0.2) is 30.5 Å². The molecule has 0 spiro atoms. The van der Waals surface area contributed by atoms with Gasteiger partial charge in [-0.1, -0.05) is 83.5 Å². The molecule has 0 bridgehead atoms. The average molecular weight is 626 g/mol. The van der Waals surface area contributed by atoms with Crippen LogP contribution in [0.4, 0.5) is 5.69 Å². The van der Waals surface area contributed by atoms with Gasteiger partial charge < -0.3 is 19.6 Å². The van der Waals surface area contributed by atoms with E-state index in [1.807, 2.05) is 19.2 Å². The standard InChI is InChI=1S/C42H59NO3/c1-26(2)17-32(38-24-39-36-13-11-12-14-41(36)46-42(39)25-40(38)43-10)15-16-33-21-29(7)20-30(8)37(33)22-31(9)45-35(19-28(5)6)23-34(44)18-27(3)4/h11-15,20-21,24-28,31,34-35,43-44H,16-19,22-23H2,1-10H3/b32-15-/t31-,34?,35?/m1/s1. The highest BCUT2D eigenvalue weighted by molar-refractivity contribution is 6.07. The fourth-order valence-corrected chi connectivity index (χ4v) is 7.12. The lowest BCUT2D eigenvalue weighted by atomic mass is 9.89. The van der Waals surface area contributed by atoms with Gasteiger partial charge in [-0.05, 0) is 111 Å². The van der Waals surface area contributed by atoms with Crippen LogP contribution in [0.5, 0.6) is 0 Å². The summed E-state index contributed by atoms with van der Waals surface area (Å²) in [6.07, 6.45) is 7.45. The van der Waals surface area contributed by atoms with Crippen molar-refractivity contribution in [1.82, 2.24) is 0 Å². The minimum absolute atomic E-state index is 0.0574. The minimum Gasteiger partial charge on any atom is -0.456 e. The molecule has 4 aromatic rings. The number of aliphatic hydroxyl groups excluding tert-OH is 1. The van der Waals surface area contributed by atoms with Crippen molar-refractivity contribution in [3.63, 3.8) is 0 Å². The predicted octanol–water partition coefficient (Wildman–Crippen LogP) is 11.1. The van der Waals surface area contributed by atoms with Gasteiger partial charge in [-0.15, -0.1) is 0 Å². The van der Waals surface area contributed by atoms with Gasteiger partial charge in [0.1, 0.15) is 11.2 Å². The molecule has 0 amide bonds. The number of benzene rings is 3. The number of rotatable bonds is 16. The van der Waals surface area contributed by atoms with Crippen molar-refractivity contribution in [3.8, 4) is 0 Å². The molecule has 1 heterocycles. The van der Waals surface area contributed by atoms with Gasteiger partial charge in [-0.3, -0.25) is 0 Å². The number of aliphatic hydroxyl groups is 1. The summed E-state index contributed by atoms with van der Waals surface area (Å²) in [5, 5.41) is 16.5. The summed E-state index contributed by atoms with van der Waals surface area (Å²) in [6.45, 7) is 20.1. The molecule has 0 fully saturated rings. The molecular formula is C42H59NO3. The highest BCUT2D eigenvalue weighted by atomic mass is 16.5. The highest BCUT2D eigenvalue weighted by Crippen LogP contribution is 2.37. The van der Waals surface area contributed by atoms with Gasteiger partial charge in [0.05, 0.1) is 18.3 Å². The molecule has 4 heteroatoms. The van der Waals surface area contributed by atoms with E-state index in [9.17, 15) is 5.11 Å². The second-order valence-electron chi connectivity index (χ2n) is 14.9. The van der Waals surface area contributed by atoms with E-state index >= 15 is 0 Å². The molecule has 4 nitrogen and oxygen atoms in total. The molecular weight excluding hydrogens is 566 g/mol. The monoisotopic (exact) mass is 625 g/mol. The van der Waals surface area contributed by atoms with Crippen molar-refractivity contribution >= 4 is 33.2 Å². The maximum absolute atomic E-state index is 10.7. The Kier molecular flexibility index (Phi) is 12.6. The zero-order valence-corrected chi connectivity index (χ0v) is 30.2. The van der Waals surface area contributed by atoms with Crippen LogP contribution in [0.2, 0.25) is 0 Å². The first-order valence-electron chi connectivity index (χ1n) is 17.6. The second kappa shape index (κ2) is 16.2. The van der Waals surface area contributed by atoms with Gasteiger partial charge in [0, 0.05) is 35.1 Å². The van der Waals surface area contributed by atoms with Crippen LogP contribution < -0.4 is 5.32 Å². The van der Waals surface area contributed by atoms with Gasteiger partial charge in [-0.25, -0.2) is 0 Å². The van der Waals surface area contributed by atoms with Crippen molar-refractivity contribution in [2.45, 2.75) is 119 Å². The second-order valence-corrected chi connectivity index (χ2v) is 14.9. The first kappa shape index (κ1) is 35.8. The summed E-state index contributed by atoms with van der Waals surface area (Å²) in [5.41, 5.74) is 10.9. The van der Waals surface area contributed by atoms with Gasteiger partial charge in [0.25, 0.3) is 0 Å². The number of furan rings is 1. The number of nitrogens with one attached hydrogen (secondary N) is 1. The van der Waals surface area contributed by atoms with Gasteiger partial charge in [0.15, 0.2) is 0 Å². The first-order chi connectivity index (χ1) is 21.8. The van der Waals surface area contributed by atoms with Crippen LogP contribution in [0.25, 0.3) is 27.5 Å². The fraction of sp³-hybridized carbons (Fsp3) is 0.524. The summed E-state index contributed by atoms with van der Waals surface area (Å²) < 4.78 is 12.9. The molecule has 1 aromatic heterocycles. The summed E-state index contributed by atoms with van der Waals surface area (Å²) in [4.78, 5) is 0. The van der Waals surface area contributed by atoms with Crippen molar-refractivity contribution in [1.29, 1.82) is 0 Å². The zero-order valence-electron chi connectivity index (χ0n) is 30.2. The van der Waals surface area contributed by atoms with E-state index in [0.29, 0.717) is 24.2 Å². The number of allylic oxidation sites excluding steroid dienone is 2. The Labute approximate surface area is 278 Å². The normalized spacial score (nSPS) is 14.6. The SMILES string of the molecule is CNc1cc2oc3ccccc3c2cc1/C(=C\Cc1cc(C)cc(C)c1C[C@@H](C)OC(CC(C)C)CC(O)CC(C)C)CC(C)C. The third kappa shape index (κ3) is 9.48. The molecule has 0 aliphatic heterocycles. The van der Waals surface area contributed by atoms with Crippen LogP contribution in [0, 0.1) is 31.6 Å². The Morgan fingerprint density at radius 1 is 0.848 bits per heavy atom. The number of aryl methyl sites for hydroxylation is 2. The summed E-state index contributed by atoms with van der Waals surface area (Å²) in [7, 11) is 2.00. The number of ether oxygens (including phenoxy) is 1. The van der Waals surface area contributed by atoms with Crippen LogP contribution in [0.15, 0.2) is 59.0 Å². The van der Waals surface area contributed by atoms with Crippen LogP contribution in [0.3, 0.4) is 0 Å². The number of hydrogen-bond donors (Lipinski definition) is 2. The first-order valence-corrected chi connectivity index (χ1v) is 17.6. The van der Waals surface area contributed by atoms with Gasteiger partial charge >= 0.3 is 0 Å². The Morgan fingerprint density at radius 2 is 1.57 bits per heavy atom. The molecule has 0 aliphatic rings. The topological polar surface area (TPSA) is 54.6 Å². The van der Waals surface area contributed by atoms with Crippen molar-refractivity contribution < 1.29 is 14.3 Å². The molecule has 3 atom stereocenters. The highest BCUT2D eigenvalue weighted by Gasteiger charge is 2.22. The molecule has 0 saturated carbocycles. The lowest BCUT2D eigenvalue weighted by Gasteiger charge is -2.27. The molecule has 0 radical (unpaired) electrons. The largest absolute Gasteiger partial charge is 0.456 e. The predicted molar refractivity (Wildman–Crippen MR) is 198 cm³/mol. The summed E-state index contributed by atoms with van der Waals surface area (Å²) in [6, 6.07) is 17.5. The molecule has 3 aromatic carbocycles. The molecule has 2 N–H and O–H groups in total. The molecule has 46 heavy (non-hydrogen) atoms. The lowest BCUT2D eigenvalue weighted by Crippen LogP contribution is -2.28. The van der Waals surface area contributed by atoms with Crippen molar-refractivity contribution in [2.24, 2.45) is 17.8 Å². The maximum atomic E-state index is 10.7. The molecule has 4 rings (SSSR count). The Bertz CT molecular complexity index is 1610. The lowest BCUT2D eigenvalue weighted by molar-refractivity contribution is -0.0395. The smallest absolute Gasteiger partial charge is 0.137 e. The Hall–Kier alpha value is -3.08.